The van der Waals surface area contributed by atoms with Gasteiger partial charge in [-0.1, -0.05) is 29.0 Å². The number of carbonyl (C=O) groups is 1. The molecule has 0 saturated carbocycles. The van der Waals surface area contributed by atoms with Crippen molar-refractivity contribution < 1.29 is 4.79 Å². The number of benzene rings is 1. The first-order valence-electron chi connectivity index (χ1n) is 7.25. The van der Waals surface area contributed by atoms with Crippen LogP contribution in [0.3, 0.4) is 0 Å². The van der Waals surface area contributed by atoms with E-state index in [2.05, 4.69) is 20.3 Å². The van der Waals surface area contributed by atoms with E-state index in [1.165, 1.54) is 0 Å². The lowest BCUT2D eigenvalue weighted by Crippen LogP contribution is -2.36. The summed E-state index contributed by atoms with van der Waals surface area (Å²) >= 11 is 7.72. The first-order chi connectivity index (χ1) is 11.2. The Morgan fingerprint density at radius 3 is 3.09 bits per heavy atom. The second-order valence-electron chi connectivity index (χ2n) is 5.34. The number of aromatic amines is 1. The summed E-state index contributed by atoms with van der Waals surface area (Å²) in [6.07, 6.45) is 0.764. The number of imidazole rings is 1. The molecule has 3 heterocycles. The van der Waals surface area contributed by atoms with Crippen LogP contribution in [-0.4, -0.2) is 39.4 Å². The summed E-state index contributed by atoms with van der Waals surface area (Å²) in [5.41, 5.74) is 2.48. The molecule has 1 amide bonds. The van der Waals surface area contributed by atoms with Gasteiger partial charge in [-0.15, -0.1) is 0 Å². The summed E-state index contributed by atoms with van der Waals surface area (Å²) in [5, 5.41) is 4.48. The zero-order valence-electron chi connectivity index (χ0n) is 12.4. The van der Waals surface area contributed by atoms with Gasteiger partial charge in [0.2, 0.25) is 0 Å². The molecular weight excluding hydrogens is 334 g/mol. The zero-order valence-corrected chi connectivity index (χ0v) is 14.0. The Kier molecular flexibility index (Phi) is 3.46. The van der Waals surface area contributed by atoms with Gasteiger partial charge in [-0.2, -0.15) is 0 Å². The predicted octanol–water partition coefficient (Wildman–Crippen LogP) is 2.91. The number of fused-ring (bicyclic) bond motifs is 2. The third-order valence-electron chi connectivity index (χ3n) is 3.90. The third-order valence-corrected chi connectivity index (χ3v) is 5.30. The first-order valence-corrected chi connectivity index (χ1v) is 8.45. The Bertz CT molecular complexity index is 903. The number of carbonyl (C=O) groups excluding carboxylic acids is 1. The van der Waals surface area contributed by atoms with Crippen molar-refractivity contribution in [2.45, 2.75) is 13.0 Å². The van der Waals surface area contributed by atoms with Crippen molar-refractivity contribution in [3.8, 4) is 0 Å². The minimum atomic E-state index is -0.109. The summed E-state index contributed by atoms with van der Waals surface area (Å²) in [7, 11) is 1.85. The summed E-state index contributed by atoms with van der Waals surface area (Å²) in [5.74, 6) is 0.220. The normalized spacial score (nSPS) is 14.1. The molecule has 23 heavy (non-hydrogen) atoms. The van der Waals surface area contributed by atoms with Crippen LogP contribution in [0.1, 0.15) is 21.2 Å². The Morgan fingerprint density at radius 2 is 2.30 bits per heavy atom. The Labute approximate surface area is 141 Å². The SMILES string of the molecule is CNc1nc2c(s1)CN(C(=O)c1nc3c(Cl)cccc3[nH]1)CC2. The summed E-state index contributed by atoms with van der Waals surface area (Å²) in [6, 6.07) is 5.46. The largest absolute Gasteiger partial charge is 0.365 e. The fraction of sp³-hybridized carbons (Fsp3) is 0.267. The van der Waals surface area contributed by atoms with Crippen molar-refractivity contribution in [2.24, 2.45) is 0 Å². The molecule has 0 spiro atoms. The number of nitrogens with zero attached hydrogens (tertiary/aromatic N) is 3. The van der Waals surface area contributed by atoms with Gasteiger partial charge in [-0.25, -0.2) is 9.97 Å². The van der Waals surface area contributed by atoms with Crippen LogP contribution >= 0.6 is 22.9 Å². The van der Waals surface area contributed by atoms with Gasteiger partial charge in [0.1, 0.15) is 5.52 Å². The van der Waals surface area contributed by atoms with Gasteiger partial charge < -0.3 is 15.2 Å². The Morgan fingerprint density at radius 1 is 1.43 bits per heavy atom. The van der Waals surface area contributed by atoms with Crippen LogP contribution in [0.2, 0.25) is 5.02 Å². The fourth-order valence-electron chi connectivity index (χ4n) is 2.72. The average molecular weight is 348 g/mol. The standard InChI is InChI=1S/C15H14ClN5OS/c1-17-15-19-9-5-6-21(7-11(9)23-15)14(22)13-18-10-4-2-3-8(16)12(10)20-13/h2-4H,5-7H2,1H3,(H,17,19)(H,18,20). The lowest BCUT2D eigenvalue weighted by molar-refractivity contribution is 0.0725. The molecule has 0 bridgehead atoms. The smallest absolute Gasteiger partial charge is 0.290 e. The molecule has 2 N–H and O–H groups in total. The maximum absolute atomic E-state index is 12.7. The van der Waals surface area contributed by atoms with E-state index in [1.54, 1.807) is 22.3 Å². The predicted molar refractivity (Wildman–Crippen MR) is 91.2 cm³/mol. The quantitative estimate of drug-likeness (QED) is 0.747. The number of thiazole rings is 1. The molecule has 1 aromatic carbocycles. The number of aromatic nitrogens is 3. The highest BCUT2D eigenvalue weighted by Gasteiger charge is 2.26. The number of para-hydroxylation sites is 1. The van der Waals surface area contributed by atoms with Crippen LogP contribution in [0.4, 0.5) is 5.13 Å². The maximum Gasteiger partial charge on any atom is 0.290 e. The van der Waals surface area contributed by atoms with E-state index in [0.29, 0.717) is 29.5 Å². The van der Waals surface area contributed by atoms with Gasteiger partial charge in [0, 0.05) is 24.9 Å². The molecule has 2 aromatic heterocycles. The van der Waals surface area contributed by atoms with E-state index in [0.717, 1.165) is 27.6 Å². The minimum absolute atomic E-state index is 0.109. The van der Waals surface area contributed by atoms with Crippen molar-refractivity contribution in [3.05, 3.63) is 39.6 Å². The number of hydrogen-bond donors (Lipinski definition) is 2. The monoisotopic (exact) mass is 347 g/mol. The zero-order chi connectivity index (χ0) is 16.0. The fourth-order valence-corrected chi connectivity index (χ4v) is 3.92. The highest BCUT2D eigenvalue weighted by molar-refractivity contribution is 7.15. The number of H-pyrrole nitrogens is 1. The van der Waals surface area contributed by atoms with Crippen molar-refractivity contribution in [3.63, 3.8) is 0 Å². The van der Waals surface area contributed by atoms with Gasteiger partial charge in [0.15, 0.2) is 11.0 Å². The molecule has 1 aliphatic rings. The van der Waals surface area contributed by atoms with Crippen LogP contribution < -0.4 is 5.32 Å². The molecule has 4 rings (SSSR count). The molecule has 0 atom stereocenters. The molecular formula is C15H14ClN5OS. The van der Waals surface area contributed by atoms with E-state index < -0.39 is 0 Å². The molecule has 1 aliphatic heterocycles. The highest BCUT2D eigenvalue weighted by Crippen LogP contribution is 2.29. The topological polar surface area (TPSA) is 73.9 Å². The second-order valence-corrected chi connectivity index (χ2v) is 6.83. The van der Waals surface area contributed by atoms with E-state index in [4.69, 9.17) is 11.6 Å². The Hall–Kier alpha value is -2.12. The summed E-state index contributed by atoms with van der Waals surface area (Å²) in [4.78, 5) is 27.6. The van der Waals surface area contributed by atoms with Gasteiger partial charge in [0.25, 0.3) is 5.91 Å². The molecule has 0 radical (unpaired) electrons. The number of hydrogen-bond acceptors (Lipinski definition) is 5. The van der Waals surface area contributed by atoms with E-state index in [9.17, 15) is 4.79 Å². The lowest BCUT2D eigenvalue weighted by Gasteiger charge is -2.25. The summed E-state index contributed by atoms with van der Waals surface area (Å²) < 4.78 is 0. The van der Waals surface area contributed by atoms with Crippen LogP contribution in [0, 0.1) is 0 Å². The molecule has 0 saturated heterocycles. The second kappa shape index (κ2) is 5.50. The van der Waals surface area contributed by atoms with Gasteiger partial charge in [-0.05, 0) is 12.1 Å². The molecule has 3 aromatic rings. The molecule has 6 nitrogen and oxygen atoms in total. The van der Waals surface area contributed by atoms with Crippen LogP contribution in [-0.2, 0) is 13.0 Å². The first kappa shape index (κ1) is 14.5. The van der Waals surface area contributed by atoms with Gasteiger partial charge in [-0.3, -0.25) is 4.79 Å². The van der Waals surface area contributed by atoms with Crippen molar-refractivity contribution >= 4 is 45.0 Å². The highest BCUT2D eigenvalue weighted by atomic mass is 35.5. The maximum atomic E-state index is 12.7. The molecule has 0 fully saturated rings. The molecule has 8 heteroatoms. The number of rotatable bonds is 2. The molecule has 118 valence electrons. The van der Waals surface area contributed by atoms with E-state index in [1.807, 2.05) is 19.2 Å². The number of halogens is 1. The molecule has 0 aliphatic carbocycles. The van der Waals surface area contributed by atoms with Gasteiger partial charge >= 0.3 is 0 Å². The minimum Gasteiger partial charge on any atom is -0.365 e. The van der Waals surface area contributed by atoms with Crippen LogP contribution in [0.15, 0.2) is 18.2 Å². The number of amides is 1. The van der Waals surface area contributed by atoms with Crippen molar-refractivity contribution in [2.75, 3.05) is 18.9 Å². The van der Waals surface area contributed by atoms with Crippen molar-refractivity contribution in [1.29, 1.82) is 0 Å². The van der Waals surface area contributed by atoms with E-state index in [-0.39, 0.29) is 5.91 Å². The molecule has 0 unspecified atom stereocenters. The van der Waals surface area contributed by atoms with Crippen LogP contribution in [0.5, 0.6) is 0 Å². The average Bonchev–Trinajstić information content (AvgIpc) is 3.17. The number of anilines is 1. The van der Waals surface area contributed by atoms with Crippen LogP contribution in [0.25, 0.3) is 11.0 Å². The Balaban J connectivity index is 1.62. The van der Waals surface area contributed by atoms with E-state index >= 15 is 0 Å². The third kappa shape index (κ3) is 2.46. The van der Waals surface area contributed by atoms with Gasteiger partial charge in [0.05, 0.1) is 22.8 Å². The summed E-state index contributed by atoms with van der Waals surface area (Å²) in [6.45, 7) is 1.21. The lowest BCUT2D eigenvalue weighted by atomic mass is 10.2. The van der Waals surface area contributed by atoms with Crippen molar-refractivity contribution in [1.82, 2.24) is 19.9 Å². The number of nitrogens with one attached hydrogen (secondary N) is 2.